The lowest BCUT2D eigenvalue weighted by atomic mass is 10.3. The van der Waals surface area contributed by atoms with Crippen molar-refractivity contribution < 1.29 is 13.6 Å². The number of benzene rings is 2. The second kappa shape index (κ2) is 7.23. The monoisotopic (exact) mass is 360 g/mol. The molecule has 0 atom stereocenters. The third-order valence-electron chi connectivity index (χ3n) is 3.20. The average Bonchev–Trinajstić information content (AvgIpc) is 2.61. The van der Waals surface area contributed by atoms with E-state index >= 15 is 0 Å². The molecule has 0 spiro atoms. The Labute approximate surface area is 146 Å². The summed E-state index contributed by atoms with van der Waals surface area (Å²) in [6.07, 6.45) is 2.57. The number of para-hydroxylation sites is 1. The van der Waals surface area contributed by atoms with E-state index in [0.29, 0.717) is 11.5 Å². The molecular formula is C17H11ClF2N4O. The van der Waals surface area contributed by atoms with Gasteiger partial charge in [0.25, 0.3) is 5.91 Å². The van der Waals surface area contributed by atoms with E-state index < -0.39 is 17.5 Å². The molecule has 1 heterocycles. The number of nitrogens with one attached hydrogen (secondary N) is 2. The van der Waals surface area contributed by atoms with Crippen molar-refractivity contribution in [2.75, 3.05) is 10.6 Å². The molecule has 0 aliphatic carbocycles. The van der Waals surface area contributed by atoms with Gasteiger partial charge in [0.15, 0.2) is 0 Å². The predicted octanol–water partition coefficient (Wildman–Crippen LogP) is 4.40. The molecule has 2 N–H and O–H groups in total. The Kier molecular flexibility index (Phi) is 4.85. The molecule has 2 aromatic carbocycles. The molecule has 1 aromatic heterocycles. The normalized spacial score (nSPS) is 10.4. The minimum absolute atomic E-state index is 0.0194. The molecule has 3 rings (SSSR count). The number of hydrogen-bond acceptors (Lipinski definition) is 4. The highest BCUT2D eigenvalue weighted by Gasteiger charge is 2.11. The smallest absolute Gasteiger partial charge is 0.275 e. The molecule has 3 aromatic rings. The van der Waals surface area contributed by atoms with Gasteiger partial charge in [-0.2, -0.15) is 0 Å². The van der Waals surface area contributed by atoms with Crippen LogP contribution in [0, 0.1) is 11.6 Å². The first-order valence-electron chi connectivity index (χ1n) is 7.13. The van der Waals surface area contributed by atoms with Gasteiger partial charge in [0.05, 0.1) is 23.1 Å². The topological polar surface area (TPSA) is 66.9 Å². The number of carbonyl (C=O) groups is 1. The van der Waals surface area contributed by atoms with Gasteiger partial charge in [0.1, 0.15) is 23.1 Å². The second-order valence-electron chi connectivity index (χ2n) is 4.97. The van der Waals surface area contributed by atoms with Gasteiger partial charge in [0.2, 0.25) is 0 Å². The molecule has 0 radical (unpaired) electrons. The van der Waals surface area contributed by atoms with E-state index in [1.165, 1.54) is 48.8 Å². The average molecular weight is 361 g/mol. The summed E-state index contributed by atoms with van der Waals surface area (Å²) in [7, 11) is 0. The number of hydrogen-bond donors (Lipinski definition) is 2. The molecule has 0 aliphatic heterocycles. The van der Waals surface area contributed by atoms with Crippen LogP contribution >= 0.6 is 11.6 Å². The molecule has 25 heavy (non-hydrogen) atoms. The molecule has 1 amide bonds. The molecular weight excluding hydrogens is 350 g/mol. The first-order valence-corrected chi connectivity index (χ1v) is 7.51. The molecule has 0 aliphatic rings. The quantitative estimate of drug-likeness (QED) is 0.723. The highest BCUT2D eigenvalue weighted by Crippen LogP contribution is 2.21. The van der Waals surface area contributed by atoms with Gasteiger partial charge in [-0.15, -0.1) is 0 Å². The van der Waals surface area contributed by atoms with Crippen LogP contribution in [0.4, 0.5) is 26.0 Å². The van der Waals surface area contributed by atoms with Crippen LogP contribution in [0.25, 0.3) is 0 Å². The zero-order valence-electron chi connectivity index (χ0n) is 12.6. The van der Waals surface area contributed by atoms with Gasteiger partial charge in [-0.3, -0.25) is 4.79 Å². The van der Waals surface area contributed by atoms with E-state index in [4.69, 9.17) is 11.6 Å². The van der Waals surface area contributed by atoms with Gasteiger partial charge in [-0.1, -0.05) is 23.7 Å². The van der Waals surface area contributed by atoms with Crippen LogP contribution in [0.1, 0.15) is 10.5 Å². The van der Waals surface area contributed by atoms with Crippen LogP contribution in [0.15, 0.2) is 54.9 Å². The summed E-state index contributed by atoms with van der Waals surface area (Å²) in [6.45, 7) is 0. The van der Waals surface area contributed by atoms with Gasteiger partial charge in [0, 0.05) is 5.69 Å². The number of rotatable bonds is 4. The molecule has 0 bridgehead atoms. The molecule has 0 saturated carbocycles. The zero-order valence-corrected chi connectivity index (χ0v) is 13.4. The summed E-state index contributed by atoms with van der Waals surface area (Å²) in [5, 5.41) is 5.27. The Balaban J connectivity index is 1.70. The van der Waals surface area contributed by atoms with Crippen LogP contribution < -0.4 is 10.6 Å². The van der Waals surface area contributed by atoms with Crippen molar-refractivity contribution in [1.82, 2.24) is 9.97 Å². The van der Waals surface area contributed by atoms with Gasteiger partial charge in [-0.25, -0.2) is 18.7 Å². The van der Waals surface area contributed by atoms with Crippen LogP contribution in [0.2, 0.25) is 5.02 Å². The largest absolute Gasteiger partial charge is 0.339 e. The minimum Gasteiger partial charge on any atom is -0.339 e. The number of carbonyl (C=O) groups excluding carboxylic acids is 1. The van der Waals surface area contributed by atoms with Crippen molar-refractivity contribution in [3.63, 3.8) is 0 Å². The Morgan fingerprint density at radius 2 is 1.80 bits per heavy atom. The van der Waals surface area contributed by atoms with E-state index in [1.807, 2.05) is 0 Å². The lowest BCUT2D eigenvalue weighted by Crippen LogP contribution is -2.15. The zero-order chi connectivity index (χ0) is 17.8. The van der Waals surface area contributed by atoms with E-state index in [0.717, 1.165) is 0 Å². The predicted molar refractivity (Wildman–Crippen MR) is 91.1 cm³/mol. The maximum absolute atomic E-state index is 13.5. The molecule has 5 nitrogen and oxygen atoms in total. The fraction of sp³-hybridized carbons (Fsp3) is 0. The van der Waals surface area contributed by atoms with E-state index in [1.54, 1.807) is 6.07 Å². The Morgan fingerprint density at radius 3 is 2.48 bits per heavy atom. The van der Waals surface area contributed by atoms with Crippen molar-refractivity contribution in [2.45, 2.75) is 0 Å². The highest BCUT2D eigenvalue weighted by atomic mass is 35.5. The summed E-state index contributed by atoms with van der Waals surface area (Å²) in [5.74, 6) is -1.33. The molecule has 8 heteroatoms. The molecule has 0 fully saturated rings. The van der Waals surface area contributed by atoms with Crippen molar-refractivity contribution in [3.8, 4) is 0 Å². The SMILES string of the molecule is O=C(Nc1ccccc1F)c1cnc(Nc2ccc(F)c(Cl)c2)cn1. The number of anilines is 3. The summed E-state index contributed by atoms with van der Waals surface area (Å²) >= 11 is 5.70. The third kappa shape index (κ3) is 4.07. The first-order chi connectivity index (χ1) is 12.0. The standard InChI is InChI=1S/C17H11ClF2N4O/c18-11-7-10(5-6-12(11)19)23-16-9-21-15(8-22-16)17(25)24-14-4-2-1-3-13(14)20/h1-9H,(H,22,23)(H,24,25). The fourth-order valence-electron chi connectivity index (χ4n) is 1.98. The van der Waals surface area contributed by atoms with E-state index in [-0.39, 0.29) is 16.4 Å². The molecule has 0 unspecified atom stereocenters. The molecule has 0 saturated heterocycles. The highest BCUT2D eigenvalue weighted by molar-refractivity contribution is 6.31. The number of aromatic nitrogens is 2. The third-order valence-corrected chi connectivity index (χ3v) is 3.49. The van der Waals surface area contributed by atoms with Crippen molar-refractivity contribution in [3.05, 3.63) is 77.2 Å². The summed E-state index contributed by atoms with van der Waals surface area (Å²) < 4.78 is 26.7. The minimum atomic E-state index is -0.589. The Morgan fingerprint density at radius 1 is 1.00 bits per heavy atom. The second-order valence-corrected chi connectivity index (χ2v) is 5.38. The lowest BCUT2D eigenvalue weighted by Gasteiger charge is -2.08. The number of nitrogens with zero attached hydrogens (tertiary/aromatic N) is 2. The summed E-state index contributed by atoms with van der Waals surface area (Å²) in [6, 6.07) is 9.91. The van der Waals surface area contributed by atoms with Crippen LogP contribution in [0.5, 0.6) is 0 Å². The van der Waals surface area contributed by atoms with E-state index in [2.05, 4.69) is 20.6 Å². The van der Waals surface area contributed by atoms with Crippen LogP contribution in [-0.2, 0) is 0 Å². The number of amides is 1. The van der Waals surface area contributed by atoms with E-state index in [9.17, 15) is 13.6 Å². The molecule has 126 valence electrons. The Hall–Kier alpha value is -3.06. The van der Waals surface area contributed by atoms with Gasteiger partial charge in [-0.05, 0) is 30.3 Å². The first kappa shape index (κ1) is 16.8. The van der Waals surface area contributed by atoms with Crippen molar-refractivity contribution in [1.29, 1.82) is 0 Å². The summed E-state index contributed by atoms with van der Waals surface area (Å²) in [4.78, 5) is 20.1. The maximum Gasteiger partial charge on any atom is 0.275 e. The maximum atomic E-state index is 13.5. The van der Waals surface area contributed by atoms with Gasteiger partial charge >= 0.3 is 0 Å². The fourth-order valence-corrected chi connectivity index (χ4v) is 2.16. The van der Waals surface area contributed by atoms with Crippen molar-refractivity contribution in [2.24, 2.45) is 0 Å². The number of halogens is 3. The lowest BCUT2D eigenvalue weighted by molar-refractivity contribution is 0.102. The van der Waals surface area contributed by atoms with Crippen LogP contribution in [-0.4, -0.2) is 15.9 Å². The Bertz CT molecular complexity index is 919. The summed E-state index contributed by atoms with van der Waals surface area (Å²) in [5.41, 5.74) is 0.590. The van der Waals surface area contributed by atoms with Gasteiger partial charge < -0.3 is 10.6 Å². The van der Waals surface area contributed by atoms with Crippen molar-refractivity contribution >= 4 is 34.7 Å². The van der Waals surface area contributed by atoms with Crippen LogP contribution in [0.3, 0.4) is 0 Å².